The van der Waals surface area contributed by atoms with Crippen molar-refractivity contribution in [1.82, 2.24) is 4.98 Å². The summed E-state index contributed by atoms with van der Waals surface area (Å²) in [5.41, 5.74) is 0. The third kappa shape index (κ3) is 3.76. The van der Waals surface area contributed by atoms with E-state index < -0.39 is 0 Å². The van der Waals surface area contributed by atoms with Gasteiger partial charge >= 0.3 is 0 Å². The average Bonchev–Trinajstić information content (AvgIpc) is 2.21. The van der Waals surface area contributed by atoms with E-state index >= 15 is 0 Å². The number of hydrogen-bond acceptors (Lipinski definition) is 4. The Bertz CT molecular complexity index is 226. The Morgan fingerprint density at radius 3 is 2.69 bits per heavy atom. The van der Waals surface area contributed by atoms with Crippen molar-refractivity contribution >= 4 is 11.8 Å². The van der Waals surface area contributed by atoms with E-state index in [4.69, 9.17) is 9.47 Å². The molecule has 0 saturated carbocycles. The van der Waals surface area contributed by atoms with E-state index in [1.807, 2.05) is 18.2 Å². The molecule has 0 radical (unpaired) electrons. The van der Waals surface area contributed by atoms with Gasteiger partial charge in [-0.25, -0.2) is 4.98 Å². The standard InChI is InChI=1S/C9H13NO2S/c1-11-9(12-2)7-13-8-5-3-4-6-10-8/h3-6,9H,7H2,1-2H3. The highest BCUT2D eigenvalue weighted by Gasteiger charge is 2.05. The van der Waals surface area contributed by atoms with Crippen molar-refractivity contribution in [3.05, 3.63) is 24.4 Å². The largest absolute Gasteiger partial charge is 0.355 e. The second-order valence-electron chi connectivity index (χ2n) is 2.38. The number of thioether (sulfide) groups is 1. The number of pyridine rings is 1. The van der Waals surface area contributed by atoms with Crippen LogP contribution in [-0.2, 0) is 9.47 Å². The molecule has 0 atom stereocenters. The summed E-state index contributed by atoms with van der Waals surface area (Å²) in [7, 11) is 3.26. The molecule has 4 heteroatoms. The van der Waals surface area contributed by atoms with Crippen LogP contribution in [0.1, 0.15) is 0 Å². The van der Waals surface area contributed by atoms with Crippen molar-refractivity contribution in [1.29, 1.82) is 0 Å². The molecule has 72 valence electrons. The first-order valence-electron chi connectivity index (χ1n) is 3.96. The molecular weight excluding hydrogens is 186 g/mol. The first-order valence-corrected chi connectivity index (χ1v) is 4.95. The van der Waals surface area contributed by atoms with Gasteiger partial charge in [-0.05, 0) is 12.1 Å². The average molecular weight is 199 g/mol. The van der Waals surface area contributed by atoms with E-state index in [9.17, 15) is 0 Å². The molecule has 0 fully saturated rings. The molecule has 0 aromatic carbocycles. The van der Waals surface area contributed by atoms with Gasteiger partial charge in [0.05, 0.1) is 10.8 Å². The van der Waals surface area contributed by atoms with Crippen molar-refractivity contribution < 1.29 is 9.47 Å². The van der Waals surface area contributed by atoms with Gasteiger partial charge in [0.2, 0.25) is 0 Å². The molecule has 0 spiro atoms. The smallest absolute Gasteiger partial charge is 0.166 e. The van der Waals surface area contributed by atoms with Gasteiger partial charge in [-0.1, -0.05) is 6.07 Å². The first-order chi connectivity index (χ1) is 6.36. The molecule has 0 N–H and O–H groups in total. The van der Waals surface area contributed by atoms with Crippen LogP contribution in [0.25, 0.3) is 0 Å². The Hall–Kier alpha value is -0.580. The number of nitrogens with zero attached hydrogens (tertiary/aromatic N) is 1. The minimum Gasteiger partial charge on any atom is -0.355 e. The van der Waals surface area contributed by atoms with E-state index in [2.05, 4.69) is 4.98 Å². The van der Waals surface area contributed by atoms with Gasteiger partial charge in [-0.15, -0.1) is 11.8 Å². The third-order valence-corrected chi connectivity index (χ3v) is 2.51. The molecule has 3 nitrogen and oxygen atoms in total. The number of ether oxygens (including phenoxy) is 2. The maximum atomic E-state index is 5.05. The lowest BCUT2D eigenvalue weighted by molar-refractivity contribution is -0.0842. The van der Waals surface area contributed by atoms with Crippen LogP contribution in [0, 0.1) is 0 Å². The van der Waals surface area contributed by atoms with E-state index in [1.54, 1.807) is 32.2 Å². The highest BCUT2D eigenvalue weighted by molar-refractivity contribution is 7.99. The zero-order valence-electron chi connectivity index (χ0n) is 7.77. The van der Waals surface area contributed by atoms with E-state index in [0.29, 0.717) is 0 Å². The molecule has 0 saturated heterocycles. The summed E-state index contributed by atoms with van der Waals surface area (Å²) in [6.07, 6.45) is 1.61. The monoisotopic (exact) mass is 199 g/mol. The fraction of sp³-hybridized carbons (Fsp3) is 0.444. The lowest BCUT2D eigenvalue weighted by Crippen LogP contribution is -2.15. The summed E-state index contributed by atoms with van der Waals surface area (Å²) in [5.74, 6) is 0.754. The van der Waals surface area contributed by atoms with Crippen molar-refractivity contribution in [2.24, 2.45) is 0 Å². The highest BCUT2D eigenvalue weighted by Crippen LogP contribution is 2.15. The van der Waals surface area contributed by atoms with Gasteiger partial charge in [-0.2, -0.15) is 0 Å². The van der Waals surface area contributed by atoms with Gasteiger partial charge in [0.1, 0.15) is 0 Å². The number of rotatable bonds is 5. The quantitative estimate of drug-likeness (QED) is 0.534. The maximum absolute atomic E-state index is 5.05. The summed E-state index contributed by atoms with van der Waals surface area (Å²) in [5, 5.41) is 0.988. The summed E-state index contributed by atoms with van der Waals surface area (Å²) in [6, 6.07) is 5.82. The molecule has 13 heavy (non-hydrogen) atoms. The molecule has 0 aliphatic heterocycles. The minimum absolute atomic E-state index is 0.160. The normalized spacial score (nSPS) is 10.7. The third-order valence-electron chi connectivity index (χ3n) is 1.53. The lowest BCUT2D eigenvalue weighted by Gasteiger charge is -2.11. The Balaban J connectivity index is 2.34. The fourth-order valence-corrected chi connectivity index (χ4v) is 1.71. The van der Waals surface area contributed by atoms with Crippen LogP contribution in [0.5, 0.6) is 0 Å². The van der Waals surface area contributed by atoms with Crippen molar-refractivity contribution in [2.45, 2.75) is 11.3 Å². The Morgan fingerprint density at radius 2 is 2.15 bits per heavy atom. The molecule has 0 amide bonds. The summed E-state index contributed by atoms with van der Waals surface area (Å²) >= 11 is 1.62. The molecule has 1 heterocycles. The number of hydrogen-bond donors (Lipinski definition) is 0. The summed E-state index contributed by atoms with van der Waals surface area (Å²) in [6.45, 7) is 0. The molecule has 0 aliphatic carbocycles. The van der Waals surface area contributed by atoms with Crippen molar-refractivity contribution in [3.8, 4) is 0 Å². The van der Waals surface area contributed by atoms with Crippen LogP contribution >= 0.6 is 11.8 Å². The highest BCUT2D eigenvalue weighted by atomic mass is 32.2. The topological polar surface area (TPSA) is 31.4 Å². The van der Waals surface area contributed by atoms with Crippen molar-refractivity contribution in [3.63, 3.8) is 0 Å². The van der Waals surface area contributed by atoms with E-state index in [-0.39, 0.29) is 6.29 Å². The lowest BCUT2D eigenvalue weighted by atomic mass is 10.5. The molecule has 0 aliphatic rings. The first kappa shape index (κ1) is 10.5. The maximum Gasteiger partial charge on any atom is 0.166 e. The fourth-order valence-electron chi connectivity index (χ4n) is 0.818. The van der Waals surface area contributed by atoms with Gasteiger partial charge in [0.15, 0.2) is 6.29 Å². The van der Waals surface area contributed by atoms with Gasteiger partial charge < -0.3 is 9.47 Å². The predicted octanol–water partition coefficient (Wildman–Crippen LogP) is 1.79. The summed E-state index contributed by atoms with van der Waals surface area (Å²) in [4.78, 5) is 4.17. The van der Waals surface area contributed by atoms with E-state index in [0.717, 1.165) is 10.8 Å². The zero-order chi connectivity index (χ0) is 9.52. The Labute approximate surface area is 82.5 Å². The van der Waals surface area contributed by atoms with Gasteiger partial charge in [0, 0.05) is 20.4 Å². The predicted molar refractivity (Wildman–Crippen MR) is 52.8 cm³/mol. The molecule has 0 unspecified atom stereocenters. The molecule has 1 aromatic rings. The van der Waals surface area contributed by atoms with Crippen LogP contribution in [0.3, 0.4) is 0 Å². The SMILES string of the molecule is COC(CSc1ccccn1)OC. The van der Waals surface area contributed by atoms with Crippen LogP contribution < -0.4 is 0 Å². The van der Waals surface area contributed by atoms with Gasteiger partial charge in [-0.3, -0.25) is 0 Å². The van der Waals surface area contributed by atoms with Crippen molar-refractivity contribution in [2.75, 3.05) is 20.0 Å². The van der Waals surface area contributed by atoms with Crippen LogP contribution in [0.4, 0.5) is 0 Å². The number of methoxy groups -OCH3 is 2. The summed E-state index contributed by atoms with van der Waals surface area (Å²) < 4.78 is 10.1. The van der Waals surface area contributed by atoms with Crippen LogP contribution in [0.2, 0.25) is 0 Å². The Morgan fingerprint density at radius 1 is 1.38 bits per heavy atom. The Kier molecular flexibility index (Phi) is 4.82. The zero-order valence-corrected chi connectivity index (χ0v) is 8.58. The number of aromatic nitrogens is 1. The second kappa shape index (κ2) is 5.96. The van der Waals surface area contributed by atoms with Crippen LogP contribution in [-0.4, -0.2) is 31.2 Å². The van der Waals surface area contributed by atoms with Gasteiger partial charge in [0.25, 0.3) is 0 Å². The molecule has 1 rings (SSSR count). The second-order valence-corrected chi connectivity index (χ2v) is 3.42. The van der Waals surface area contributed by atoms with Crippen LogP contribution in [0.15, 0.2) is 29.4 Å². The van der Waals surface area contributed by atoms with E-state index in [1.165, 1.54) is 0 Å². The molecule has 1 aromatic heterocycles. The molecular formula is C9H13NO2S. The molecule has 0 bridgehead atoms. The minimum atomic E-state index is -0.160.